The minimum absolute atomic E-state index is 0.00662. The number of carbonyl (C=O) groups excluding carboxylic acids is 2. The van der Waals surface area contributed by atoms with Crippen molar-refractivity contribution in [3.05, 3.63) is 60.2 Å². The topological polar surface area (TPSA) is 76.7 Å². The monoisotopic (exact) mass is 356 g/mol. The van der Waals surface area contributed by atoms with E-state index in [-0.39, 0.29) is 12.6 Å². The van der Waals surface area contributed by atoms with Gasteiger partial charge in [0.25, 0.3) is 5.91 Å². The lowest BCUT2D eigenvalue weighted by molar-refractivity contribution is -0.122. The highest BCUT2D eigenvalue weighted by Gasteiger charge is 2.10. The molecule has 0 aliphatic carbocycles. The Balaban J connectivity index is 1.73. The van der Waals surface area contributed by atoms with Crippen LogP contribution in [0, 0.1) is 0 Å². The van der Waals surface area contributed by atoms with Crippen molar-refractivity contribution < 1.29 is 19.1 Å². The van der Waals surface area contributed by atoms with Crippen LogP contribution in [0.5, 0.6) is 11.5 Å². The molecule has 2 aromatic carbocycles. The Morgan fingerprint density at radius 3 is 2.19 bits per heavy atom. The van der Waals surface area contributed by atoms with Gasteiger partial charge in [0.1, 0.15) is 18.1 Å². The fourth-order valence-electron chi connectivity index (χ4n) is 2.05. The molecular formula is C20H24N2O4. The van der Waals surface area contributed by atoms with Crippen molar-refractivity contribution in [2.45, 2.75) is 32.9 Å². The molecule has 0 aromatic heterocycles. The average molecular weight is 356 g/mol. The third-order valence-electron chi connectivity index (χ3n) is 3.68. The molecule has 3 amide bonds. The molecule has 0 unspecified atom stereocenters. The normalized spacial score (nSPS) is 11.3. The van der Waals surface area contributed by atoms with Crippen LogP contribution >= 0.6 is 0 Å². The Bertz CT molecular complexity index is 702. The highest BCUT2D eigenvalue weighted by atomic mass is 16.5. The summed E-state index contributed by atoms with van der Waals surface area (Å²) in [5.74, 6) is 0.725. The predicted octanol–water partition coefficient (Wildman–Crippen LogP) is 3.27. The molecule has 2 rings (SSSR count). The molecule has 138 valence electrons. The number of imide groups is 1. The Morgan fingerprint density at radius 1 is 0.962 bits per heavy atom. The van der Waals surface area contributed by atoms with E-state index in [0.717, 1.165) is 12.0 Å². The van der Waals surface area contributed by atoms with Crippen LogP contribution < -0.4 is 20.1 Å². The number of amides is 3. The van der Waals surface area contributed by atoms with E-state index >= 15 is 0 Å². The van der Waals surface area contributed by atoms with Crippen molar-refractivity contribution in [2.75, 3.05) is 6.61 Å². The summed E-state index contributed by atoms with van der Waals surface area (Å²) in [5.41, 5.74) is 1.08. The number of hydrogen-bond acceptors (Lipinski definition) is 4. The lowest BCUT2D eigenvalue weighted by Gasteiger charge is -2.12. The number of urea groups is 1. The number of ether oxygens (including phenoxy) is 2. The van der Waals surface area contributed by atoms with Gasteiger partial charge in [-0.3, -0.25) is 10.1 Å². The third kappa shape index (κ3) is 6.84. The van der Waals surface area contributed by atoms with Gasteiger partial charge in [-0.1, -0.05) is 37.3 Å². The predicted molar refractivity (Wildman–Crippen MR) is 99.1 cm³/mol. The molecule has 1 atom stereocenters. The maximum absolute atomic E-state index is 11.7. The fraction of sp³-hybridized carbons (Fsp3) is 0.300. The number of hydrogen-bond donors (Lipinski definition) is 2. The molecule has 0 saturated carbocycles. The summed E-state index contributed by atoms with van der Waals surface area (Å²) in [7, 11) is 0. The van der Waals surface area contributed by atoms with Gasteiger partial charge < -0.3 is 14.8 Å². The van der Waals surface area contributed by atoms with Gasteiger partial charge in [0, 0.05) is 6.04 Å². The number of benzene rings is 2. The zero-order valence-corrected chi connectivity index (χ0v) is 15.0. The summed E-state index contributed by atoms with van der Waals surface area (Å²) in [5, 5.41) is 4.88. The number of rotatable bonds is 8. The first-order valence-corrected chi connectivity index (χ1v) is 8.56. The maximum atomic E-state index is 11.7. The van der Waals surface area contributed by atoms with Crippen LogP contribution in [0.1, 0.15) is 25.8 Å². The molecule has 0 bridgehead atoms. The van der Waals surface area contributed by atoms with E-state index in [0.29, 0.717) is 18.1 Å². The second kappa shape index (κ2) is 10.1. The van der Waals surface area contributed by atoms with Crippen LogP contribution in [0.2, 0.25) is 0 Å². The molecule has 0 fully saturated rings. The van der Waals surface area contributed by atoms with E-state index in [2.05, 4.69) is 10.6 Å². The first kappa shape index (κ1) is 19.3. The van der Waals surface area contributed by atoms with E-state index < -0.39 is 11.9 Å². The van der Waals surface area contributed by atoms with Gasteiger partial charge in [-0.15, -0.1) is 0 Å². The minimum atomic E-state index is -0.516. The van der Waals surface area contributed by atoms with Crippen LogP contribution in [0.25, 0.3) is 0 Å². The lowest BCUT2D eigenvalue weighted by atomic mass is 10.2. The second-order valence-corrected chi connectivity index (χ2v) is 5.87. The van der Waals surface area contributed by atoms with Crippen molar-refractivity contribution in [3.8, 4) is 11.5 Å². The SMILES string of the molecule is CC[C@H](C)NC(=O)NC(=O)COc1ccc(OCc2ccccc2)cc1. The molecular weight excluding hydrogens is 332 g/mol. The zero-order chi connectivity index (χ0) is 18.8. The fourth-order valence-corrected chi connectivity index (χ4v) is 2.05. The first-order chi connectivity index (χ1) is 12.6. The Morgan fingerprint density at radius 2 is 1.58 bits per heavy atom. The van der Waals surface area contributed by atoms with Crippen LogP contribution in [0.15, 0.2) is 54.6 Å². The molecule has 0 saturated heterocycles. The van der Waals surface area contributed by atoms with E-state index in [1.54, 1.807) is 24.3 Å². The number of carbonyl (C=O) groups is 2. The summed E-state index contributed by atoms with van der Waals surface area (Å²) in [4.78, 5) is 23.3. The van der Waals surface area contributed by atoms with E-state index in [1.165, 1.54) is 0 Å². The van der Waals surface area contributed by atoms with Crippen molar-refractivity contribution in [1.82, 2.24) is 10.6 Å². The molecule has 0 aliphatic heterocycles. The Labute approximate surface area is 153 Å². The minimum Gasteiger partial charge on any atom is -0.489 e. The van der Waals surface area contributed by atoms with Gasteiger partial charge in [-0.05, 0) is 43.2 Å². The van der Waals surface area contributed by atoms with E-state index in [4.69, 9.17) is 9.47 Å². The second-order valence-electron chi connectivity index (χ2n) is 5.87. The largest absolute Gasteiger partial charge is 0.489 e. The molecule has 6 heteroatoms. The van der Waals surface area contributed by atoms with Crippen molar-refractivity contribution in [3.63, 3.8) is 0 Å². The van der Waals surface area contributed by atoms with Crippen LogP contribution in [-0.4, -0.2) is 24.6 Å². The van der Waals surface area contributed by atoms with Crippen molar-refractivity contribution in [2.24, 2.45) is 0 Å². The van der Waals surface area contributed by atoms with Gasteiger partial charge in [0.2, 0.25) is 0 Å². The summed E-state index contributed by atoms with van der Waals surface area (Å²) < 4.78 is 11.1. The first-order valence-electron chi connectivity index (χ1n) is 8.56. The van der Waals surface area contributed by atoms with Crippen molar-refractivity contribution >= 4 is 11.9 Å². The molecule has 0 radical (unpaired) electrons. The zero-order valence-electron chi connectivity index (χ0n) is 15.0. The Kier molecular flexibility index (Phi) is 7.49. The molecule has 0 heterocycles. The molecule has 2 aromatic rings. The molecule has 26 heavy (non-hydrogen) atoms. The van der Waals surface area contributed by atoms with Crippen molar-refractivity contribution in [1.29, 1.82) is 0 Å². The van der Waals surface area contributed by atoms with Gasteiger partial charge in [-0.25, -0.2) is 4.79 Å². The highest BCUT2D eigenvalue weighted by Crippen LogP contribution is 2.18. The third-order valence-corrected chi connectivity index (χ3v) is 3.68. The van der Waals surface area contributed by atoms with Crippen LogP contribution in [-0.2, 0) is 11.4 Å². The lowest BCUT2D eigenvalue weighted by Crippen LogP contribution is -2.44. The standard InChI is InChI=1S/C20H24N2O4/c1-3-15(2)21-20(24)22-19(23)14-26-18-11-9-17(10-12-18)25-13-16-7-5-4-6-8-16/h4-12,15H,3,13-14H2,1-2H3,(H2,21,22,23,24)/t15-/m0/s1. The van der Waals surface area contributed by atoms with E-state index in [1.807, 2.05) is 44.2 Å². The summed E-state index contributed by atoms with van der Waals surface area (Å²) in [6, 6.07) is 16.3. The molecule has 0 aliphatic rings. The van der Waals surface area contributed by atoms with Crippen LogP contribution in [0.3, 0.4) is 0 Å². The summed E-state index contributed by atoms with van der Waals surface area (Å²) in [6.07, 6.45) is 0.788. The Hall–Kier alpha value is -3.02. The summed E-state index contributed by atoms with van der Waals surface area (Å²) in [6.45, 7) is 4.05. The van der Waals surface area contributed by atoms with Gasteiger partial charge in [-0.2, -0.15) is 0 Å². The van der Waals surface area contributed by atoms with E-state index in [9.17, 15) is 9.59 Å². The maximum Gasteiger partial charge on any atom is 0.321 e. The van der Waals surface area contributed by atoms with Gasteiger partial charge >= 0.3 is 6.03 Å². The average Bonchev–Trinajstić information content (AvgIpc) is 2.66. The smallest absolute Gasteiger partial charge is 0.321 e. The molecule has 6 nitrogen and oxygen atoms in total. The molecule has 2 N–H and O–H groups in total. The highest BCUT2D eigenvalue weighted by molar-refractivity contribution is 5.95. The van der Waals surface area contributed by atoms with Crippen LogP contribution in [0.4, 0.5) is 4.79 Å². The summed E-state index contributed by atoms with van der Waals surface area (Å²) >= 11 is 0. The van der Waals surface area contributed by atoms with Gasteiger partial charge in [0.05, 0.1) is 0 Å². The van der Waals surface area contributed by atoms with Gasteiger partial charge in [0.15, 0.2) is 6.61 Å². The number of nitrogens with one attached hydrogen (secondary N) is 2. The quantitative estimate of drug-likeness (QED) is 0.761. The molecule has 0 spiro atoms.